The van der Waals surface area contributed by atoms with Crippen LogP contribution in [0.15, 0.2) is 28.7 Å². The number of nitrogens with one attached hydrogen (secondary N) is 1. The van der Waals surface area contributed by atoms with E-state index in [4.69, 9.17) is 20.8 Å². The van der Waals surface area contributed by atoms with Crippen molar-refractivity contribution in [1.29, 1.82) is 5.26 Å². The summed E-state index contributed by atoms with van der Waals surface area (Å²) in [7, 11) is 0. The predicted molar refractivity (Wildman–Crippen MR) is 131 cm³/mol. The van der Waals surface area contributed by atoms with Gasteiger partial charge in [0.1, 0.15) is 6.07 Å². The number of halogens is 1. The largest absolute Gasteiger partial charge is 0.424 e. The highest BCUT2D eigenvalue weighted by Gasteiger charge is 2.29. The Kier molecular flexibility index (Phi) is 8.66. The van der Waals surface area contributed by atoms with Crippen LogP contribution in [0, 0.1) is 17.2 Å². The van der Waals surface area contributed by atoms with E-state index in [0.717, 1.165) is 42.4 Å². The molecule has 2 aromatic rings. The Morgan fingerprint density at radius 1 is 1.21 bits per heavy atom. The molecule has 7 heteroatoms. The Morgan fingerprint density at radius 3 is 2.67 bits per heavy atom. The van der Waals surface area contributed by atoms with Crippen molar-refractivity contribution >= 4 is 17.5 Å². The van der Waals surface area contributed by atoms with E-state index in [-0.39, 0.29) is 6.04 Å². The molecule has 1 aromatic carbocycles. The van der Waals surface area contributed by atoms with Gasteiger partial charge in [-0.2, -0.15) is 5.26 Å². The van der Waals surface area contributed by atoms with E-state index in [9.17, 15) is 5.26 Å². The molecule has 1 saturated heterocycles. The van der Waals surface area contributed by atoms with Gasteiger partial charge in [-0.15, -0.1) is 0 Å². The Labute approximate surface area is 202 Å². The summed E-state index contributed by atoms with van der Waals surface area (Å²) in [6.45, 7) is 5.93. The first-order valence-electron chi connectivity index (χ1n) is 12.4. The number of morpholine rings is 1. The van der Waals surface area contributed by atoms with Gasteiger partial charge in [0.25, 0.3) is 0 Å². The molecule has 1 aliphatic heterocycles. The first kappa shape index (κ1) is 24.1. The van der Waals surface area contributed by atoms with Crippen molar-refractivity contribution in [3.63, 3.8) is 0 Å². The smallest absolute Gasteiger partial charge is 0.232 e. The average Bonchev–Trinajstić information content (AvgIpc) is 3.28. The molecule has 0 amide bonds. The number of ether oxygens (including phenoxy) is 1. The Hall–Kier alpha value is -2.07. The number of nitrogens with zero attached hydrogens (tertiary/aromatic N) is 3. The van der Waals surface area contributed by atoms with Crippen LogP contribution in [0.3, 0.4) is 0 Å². The zero-order chi connectivity index (χ0) is 23.0. The third-order valence-corrected chi connectivity index (χ3v) is 7.46. The summed E-state index contributed by atoms with van der Waals surface area (Å²) in [6.07, 6.45) is 8.55. The number of aromatic nitrogens is 1. The van der Waals surface area contributed by atoms with Gasteiger partial charge in [0.2, 0.25) is 17.5 Å². The van der Waals surface area contributed by atoms with Crippen LogP contribution in [0.5, 0.6) is 0 Å². The number of unbranched alkanes of at least 4 members (excludes halogenated alkanes) is 1. The van der Waals surface area contributed by atoms with Crippen molar-refractivity contribution in [2.45, 2.75) is 63.8 Å². The van der Waals surface area contributed by atoms with Crippen LogP contribution in [0.2, 0.25) is 5.02 Å². The molecule has 2 fully saturated rings. The number of oxazole rings is 1. The summed E-state index contributed by atoms with van der Waals surface area (Å²) < 4.78 is 11.7. The molecule has 6 nitrogen and oxygen atoms in total. The number of hydrogen-bond donors (Lipinski definition) is 1. The van der Waals surface area contributed by atoms with E-state index in [1.54, 1.807) is 0 Å². The lowest BCUT2D eigenvalue weighted by Crippen LogP contribution is -2.41. The molecule has 1 aliphatic carbocycles. The number of hydrogen-bond acceptors (Lipinski definition) is 6. The van der Waals surface area contributed by atoms with Crippen LogP contribution < -0.4 is 5.32 Å². The first-order chi connectivity index (χ1) is 16.2. The molecule has 33 heavy (non-hydrogen) atoms. The van der Waals surface area contributed by atoms with Gasteiger partial charge in [-0.05, 0) is 43.2 Å². The number of benzene rings is 1. The molecule has 0 bridgehead atoms. The number of rotatable bonds is 9. The summed E-state index contributed by atoms with van der Waals surface area (Å²) >= 11 is 6.55. The van der Waals surface area contributed by atoms with Crippen LogP contribution in [-0.2, 0) is 4.74 Å². The molecule has 178 valence electrons. The van der Waals surface area contributed by atoms with Crippen molar-refractivity contribution in [1.82, 2.24) is 9.88 Å². The minimum absolute atomic E-state index is 0.0525. The van der Waals surface area contributed by atoms with Gasteiger partial charge in [-0.1, -0.05) is 56.0 Å². The normalized spacial score (nSPS) is 22.6. The number of anilines is 1. The molecule has 0 unspecified atom stereocenters. The second-order valence-corrected chi connectivity index (χ2v) is 9.68. The lowest BCUT2D eigenvalue weighted by atomic mass is 9.80. The summed E-state index contributed by atoms with van der Waals surface area (Å²) in [4.78, 5) is 6.94. The van der Waals surface area contributed by atoms with Crippen LogP contribution in [0.4, 0.5) is 5.88 Å². The van der Waals surface area contributed by atoms with Crippen LogP contribution in [0.25, 0.3) is 0 Å². The fourth-order valence-corrected chi connectivity index (χ4v) is 5.42. The van der Waals surface area contributed by atoms with Crippen molar-refractivity contribution in [2.75, 3.05) is 38.2 Å². The van der Waals surface area contributed by atoms with Crippen molar-refractivity contribution < 1.29 is 9.15 Å². The second kappa shape index (κ2) is 11.9. The molecule has 2 heterocycles. The molecule has 1 aromatic heterocycles. The van der Waals surface area contributed by atoms with Crippen LogP contribution in [0.1, 0.15) is 81.0 Å². The number of nitriles is 1. The molecular formula is C26H35ClN4O2. The third kappa shape index (κ3) is 6.09. The van der Waals surface area contributed by atoms with Gasteiger partial charge in [-0.3, -0.25) is 4.90 Å². The monoisotopic (exact) mass is 470 g/mol. The Bertz CT molecular complexity index is 927. The fourth-order valence-electron chi connectivity index (χ4n) is 5.16. The van der Waals surface area contributed by atoms with Gasteiger partial charge in [0, 0.05) is 30.6 Å². The average molecular weight is 471 g/mol. The summed E-state index contributed by atoms with van der Waals surface area (Å²) in [6, 6.07) is 10.2. The lowest BCUT2D eigenvalue weighted by molar-refractivity contribution is 0.0186. The lowest BCUT2D eigenvalue weighted by Gasteiger charge is -2.35. The third-order valence-electron chi connectivity index (χ3n) is 7.12. The Balaban J connectivity index is 1.45. The minimum Gasteiger partial charge on any atom is -0.424 e. The van der Waals surface area contributed by atoms with Gasteiger partial charge < -0.3 is 14.5 Å². The molecule has 1 N–H and O–H groups in total. The van der Waals surface area contributed by atoms with Gasteiger partial charge in [0.05, 0.1) is 19.3 Å². The molecule has 2 aliphatic rings. The highest BCUT2D eigenvalue weighted by Crippen LogP contribution is 2.39. The van der Waals surface area contributed by atoms with E-state index in [1.165, 1.54) is 32.1 Å². The van der Waals surface area contributed by atoms with E-state index >= 15 is 0 Å². The topological polar surface area (TPSA) is 74.3 Å². The molecule has 0 radical (unpaired) electrons. The summed E-state index contributed by atoms with van der Waals surface area (Å²) in [5.74, 6) is 2.33. The van der Waals surface area contributed by atoms with Crippen LogP contribution >= 0.6 is 11.6 Å². The van der Waals surface area contributed by atoms with E-state index < -0.39 is 0 Å². The van der Waals surface area contributed by atoms with Gasteiger partial charge in [-0.25, -0.2) is 4.98 Å². The second-order valence-electron chi connectivity index (χ2n) is 9.27. The highest BCUT2D eigenvalue weighted by molar-refractivity contribution is 6.31. The van der Waals surface area contributed by atoms with Crippen molar-refractivity contribution in [3.8, 4) is 6.07 Å². The molecular weight excluding hydrogens is 436 g/mol. The van der Waals surface area contributed by atoms with Gasteiger partial charge in [0.15, 0.2) is 0 Å². The zero-order valence-corrected chi connectivity index (χ0v) is 20.3. The highest BCUT2D eigenvalue weighted by atomic mass is 35.5. The Morgan fingerprint density at radius 2 is 1.97 bits per heavy atom. The minimum atomic E-state index is 0.0525. The maximum absolute atomic E-state index is 9.68. The molecule has 1 saturated carbocycles. The maximum Gasteiger partial charge on any atom is 0.232 e. The van der Waals surface area contributed by atoms with Crippen molar-refractivity contribution in [2.24, 2.45) is 5.92 Å². The van der Waals surface area contributed by atoms with Crippen molar-refractivity contribution in [3.05, 3.63) is 46.4 Å². The summed E-state index contributed by atoms with van der Waals surface area (Å²) in [5, 5.41) is 13.8. The fraction of sp³-hybridized carbons (Fsp3) is 0.615. The molecule has 0 spiro atoms. The van der Waals surface area contributed by atoms with Gasteiger partial charge >= 0.3 is 0 Å². The molecule has 1 atom stereocenters. The zero-order valence-electron chi connectivity index (χ0n) is 19.6. The van der Waals surface area contributed by atoms with E-state index in [1.807, 2.05) is 18.2 Å². The van der Waals surface area contributed by atoms with E-state index in [0.29, 0.717) is 43.1 Å². The van der Waals surface area contributed by atoms with E-state index in [2.05, 4.69) is 34.3 Å². The quantitative estimate of drug-likeness (QED) is 0.473. The standard InChI is InChI=1S/C26H35ClN4O2/c1-2-3-6-19-9-11-20(12-10-19)25-30-23(17-28)26(33-25)29-18-24(31-13-15-32-16-14-31)21-7-4-5-8-22(21)27/h4-5,7-8,19-20,24,29H,2-3,6,9-16,18H2,1H3/t19?,20?,24-/m0/s1. The predicted octanol–water partition coefficient (Wildman–Crippen LogP) is 6.15. The molecule has 4 rings (SSSR count). The summed E-state index contributed by atoms with van der Waals surface area (Å²) in [5.41, 5.74) is 1.41. The first-order valence-corrected chi connectivity index (χ1v) is 12.8. The SMILES string of the molecule is CCCCC1CCC(c2nc(C#N)c(NC[C@@H](c3ccccc3Cl)N3CCOCC3)o2)CC1. The van der Waals surface area contributed by atoms with Crippen LogP contribution in [-0.4, -0.2) is 42.7 Å². The maximum atomic E-state index is 9.68.